The molecule has 4 aromatic rings. The van der Waals surface area contributed by atoms with Crippen molar-refractivity contribution in [1.82, 2.24) is 31.2 Å². The van der Waals surface area contributed by atoms with Crippen LogP contribution in [-0.4, -0.2) is 87.1 Å². The number of fused-ring (bicyclic) bond motifs is 1. The van der Waals surface area contributed by atoms with Crippen molar-refractivity contribution in [2.45, 2.75) is 82.6 Å². The van der Waals surface area contributed by atoms with Gasteiger partial charge in [0.25, 0.3) is 0 Å². The molecule has 0 spiro atoms. The summed E-state index contributed by atoms with van der Waals surface area (Å²) < 4.78 is 28.5. The Bertz CT molecular complexity index is 2070. The fourth-order valence-corrected chi connectivity index (χ4v) is 6.97. The number of aliphatic carboxylic acids is 1. The van der Waals surface area contributed by atoms with E-state index in [1.807, 2.05) is 55.5 Å². The van der Waals surface area contributed by atoms with Crippen molar-refractivity contribution in [2.75, 3.05) is 12.4 Å². The second kappa shape index (κ2) is 19.9. The van der Waals surface area contributed by atoms with Gasteiger partial charge in [-0.15, -0.1) is 11.6 Å². The van der Waals surface area contributed by atoms with Crippen LogP contribution in [-0.2, 0) is 48.2 Å². The molecule has 2 heterocycles. The number of H-pyrrole nitrogens is 1. The number of benzene rings is 3. The highest BCUT2D eigenvalue weighted by Crippen LogP contribution is 2.22. The molecule has 302 valence electrons. The SMILES string of the molecule is Cc1ccc(CNC(=O)C(Cc2cc(F)cc(F)c2)NC(=O)C(Cc2c[nH]c3ccccc23)NC(=O)C2CCCCN2C(=O)C(CCC(=O)O)NC(=O)CCl)cc1. The number of hydrogen-bond donors (Lipinski definition) is 6. The fraction of sp³-hybridized carbons (Fsp3) is 0.366. The van der Waals surface area contributed by atoms with Gasteiger partial charge in [0.1, 0.15) is 41.7 Å². The van der Waals surface area contributed by atoms with Gasteiger partial charge < -0.3 is 36.3 Å². The first-order valence-electron chi connectivity index (χ1n) is 18.6. The first-order chi connectivity index (χ1) is 27.3. The molecule has 1 fully saturated rings. The average Bonchev–Trinajstić information content (AvgIpc) is 3.60. The van der Waals surface area contributed by atoms with E-state index in [0.29, 0.717) is 24.5 Å². The number of carbonyl (C=O) groups is 6. The summed E-state index contributed by atoms with van der Waals surface area (Å²) >= 11 is 5.66. The van der Waals surface area contributed by atoms with E-state index in [4.69, 9.17) is 11.6 Å². The van der Waals surface area contributed by atoms with E-state index in [1.165, 1.54) is 4.90 Å². The van der Waals surface area contributed by atoms with Crippen molar-refractivity contribution < 1.29 is 42.7 Å². The highest BCUT2D eigenvalue weighted by molar-refractivity contribution is 6.27. The summed E-state index contributed by atoms with van der Waals surface area (Å²) in [4.78, 5) is 84.1. The molecule has 1 saturated heterocycles. The van der Waals surface area contributed by atoms with Gasteiger partial charge in [0.2, 0.25) is 29.5 Å². The number of carboxylic acid groups (broad SMARTS) is 1. The van der Waals surface area contributed by atoms with E-state index in [2.05, 4.69) is 26.3 Å². The zero-order chi connectivity index (χ0) is 41.1. The van der Waals surface area contributed by atoms with Gasteiger partial charge in [-0.2, -0.15) is 0 Å². The van der Waals surface area contributed by atoms with Gasteiger partial charge in [0.15, 0.2) is 0 Å². The smallest absolute Gasteiger partial charge is 0.303 e. The molecular formula is C41H45ClF2N6O7. The first-order valence-corrected chi connectivity index (χ1v) is 19.2. The zero-order valence-corrected chi connectivity index (χ0v) is 32.0. The molecule has 3 aromatic carbocycles. The maximum absolute atomic E-state index is 14.3. The zero-order valence-electron chi connectivity index (χ0n) is 31.3. The topological polar surface area (TPSA) is 190 Å². The van der Waals surface area contributed by atoms with Crippen LogP contribution < -0.4 is 21.3 Å². The summed E-state index contributed by atoms with van der Waals surface area (Å²) in [6.45, 7) is 2.15. The standard InChI is InChI=1S/C41H45ClF2N6O7/c1-24-9-11-25(12-10-24)22-46-38(54)33(18-26-16-28(43)20-29(44)17-26)48-39(55)34(19-27-23-45-31-7-3-2-6-30(27)31)49-40(56)35-8-4-5-15-50(35)41(57)32(13-14-37(52)53)47-36(51)21-42/h2-3,6-7,9-12,16-17,20,23,32-35,45H,4-5,8,13-15,18-19,21-22H2,1H3,(H,46,54)(H,47,51)(H,48,55)(H,49,56)(H,52,53). The molecule has 5 amide bonds. The number of rotatable bonds is 17. The normalized spacial score (nSPS) is 15.6. The molecule has 0 aliphatic carbocycles. The lowest BCUT2D eigenvalue weighted by molar-refractivity contribution is -0.146. The first kappa shape index (κ1) is 42.3. The number of para-hydroxylation sites is 1. The van der Waals surface area contributed by atoms with E-state index < -0.39 is 83.6 Å². The minimum absolute atomic E-state index is 0.0540. The number of halogens is 3. The Morgan fingerprint density at radius 2 is 1.56 bits per heavy atom. The summed E-state index contributed by atoms with van der Waals surface area (Å²) in [6.07, 6.45) is 1.98. The Balaban J connectivity index is 1.42. The summed E-state index contributed by atoms with van der Waals surface area (Å²) in [5, 5.41) is 20.8. The van der Waals surface area contributed by atoms with Crippen LogP contribution in [0.4, 0.5) is 8.78 Å². The van der Waals surface area contributed by atoms with Crippen molar-refractivity contribution in [3.05, 3.63) is 107 Å². The third kappa shape index (κ3) is 11.8. The number of nitrogens with one attached hydrogen (secondary N) is 5. The Labute approximate surface area is 332 Å². The van der Waals surface area contributed by atoms with Gasteiger partial charge in [-0.05, 0) is 67.5 Å². The minimum atomic E-state index is -1.33. The molecule has 1 aliphatic heterocycles. The molecule has 4 unspecified atom stereocenters. The van der Waals surface area contributed by atoms with E-state index in [0.717, 1.165) is 34.2 Å². The second-order valence-corrected chi connectivity index (χ2v) is 14.4. The molecule has 6 N–H and O–H groups in total. The van der Waals surface area contributed by atoms with Gasteiger partial charge in [-0.1, -0.05) is 48.0 Å². The average molecular weight is 807 g/mol. The van der Waals surface area contributed by atoms with Crippen LogP contribution in [0.3, 0.4) is 0 Å². The number of hydrogen-bond acceptors (Lipinski definition) is 6. The van der Waals surface area contributed by atoms with Crippen LogP contribution in [0.1, 0.15) is 54.4 Å². The highest BCUT2D eigenvalue weighted by Gasteiger charge is 2.38. The van der Waals surface area contributed by atoms with Crippen LogP contribution in [0.15, 0.2) is 72.9 Å². The highest BCUT2D eigenvalue weighted by atomic mass is 35.5. The molecule has 4 atom stereocenters. The van der Waals surface area contributed by atoms with Gasteiger partial charge in [-0.25, -0.2) is 8.78 Å². The van der Waals surface area contributed by atoms with Crippen LogP contribution in [0.2, 0.25) is 0 Å². The van der Waals surface area contributed by atoms with Gasteiger partial charge in [0.05, 0.1) is 0 Å². The molecule has 16 heteroatoms. The second-order valence-electron chi connectivity index (χ2n) is 14.1. The summed E-state index contributed by atoms with van der Waals surface area (Å²) in [5.74, 6) is -6.83. The Morgan fingerprint density at radius 3 is 2.26 bits per heavy atom. The van der Waals surface area contributed by atoms with Crippen molar-refractivity contribution >= 4 is 58.0 Å². The third-order valence-electron chi connectivity index (χ3n) is 9.80. The molecule has 0 bridgehead atoms. The summed E-state index contributed by atoms with van der Waals surface area (Å²) in [7, 11) is 0. The van der Waals surface area contributed by atoms with E-state index >= 15 is 0 Å². The number of likely N-dealkylation sites (tertiary alicyclic amines) is 1. The van der Waals surface area contributed by atoms with E-state index in [1.54, 1.807) is 6.20 Å². The molecule has 0 saturated carbocycles. The maximum atomic E-state index is 14.3. The molecule has 1 aliphatic rings. The number of amides is 5. The predicted molar refractivity (Wildman–Crippen MR) is 208 cm³/mol. The largest absolute Gasteiger partial charge is 0.481 e. The lowest BCUT2D eigenvalue weighted by Gasteiger charge is -2.37. The van der Waals surface area contributed by atoms with Crippen molar-refractivity contribution in [2.24, 2.45) is 0 Å². The van der Waals surface area contributed by atoms with Gasteiger partial charge in [0, 0.05) is 55.5 Å². The van der Waals surface area contributed by atoms with Crippen molar-refractivity contribution in [1.29, 1.82) is 0 Å². The molecule has 57 heavy (non-hydrogen) atoms. The molecule has 1 aromatic heterocycles. The fourth-order valence-electron chi connectivity index (χ4n) is 6.89. The predicted octanol–water partition coefficient (Wildman–Crippen LogP) is 3.80. The monoisotopic (exact) mass is 806 g/mol. The van der Waals surface area contributed by atoms with E-state index in [9.17, 15) is 42.7 Å². The lowest BCUT2D eigenvalue weighted by Crippen LogP contribution is -2.61. The van der Waals surface area contributed by atoms with Crippen LogP contribution >= 0.6 is 11.6 Å². The summed E-state index contributed by atoms with van der Waals surface area (Å²) in [5.41, 5.74) is 3.33. The molecule has 13 nitrogen and oxygen atoms in total. The number of piperidine rings is 1. The van der Waals surface area contributed by atoms with Crippen LogP contribution in [0.25, 0.3) is 10.9 Å². The number of alkyl halides is 1. The van der Waals surface area contributed by atoms with Crippen LogP contribution in [0, 0.1) is 18.6 Å². The Morgan fingerprint density at radius 1 is 0.860 bits per heavy atom. The maximum Gasteiger partial charge on any atom is 0.303 e. The lowest BCUT2D eigenvalue weighted by atomic mass is 9.97. The van der Waals surface area contributed by atoms with Crippen molar-refractivity contribution in [3.63, 3.8) is 0 Å². The number of carboxylic acids is 1. The Hall–Kier alpha value is -5.83. The number of nitrogens with zero attached hydrogens (tertiary/aromatic N) is 1. The Kier molecular flexibility index (Phi) is 14.7. The molecular weight excluding hydrogens is 762 g/mol. The number of aromatic amines is 1. The number of carbonyl (C=O) groups excluding carboxylic acids is 5. The quantitative estimate of drug-likeness (QED) is 0.0876. The van der Waals surface area contributed by atoms with E-state index in [-0.39, 0.29) is 44.3 Å². The number of aryl methyl sites for hydroxylation is 1. The summed E-state index contributed by atoms with van der Waals surface area (Å²) in [6, 6.07) is 12.6. The van der Waals surface area contributed by atoms with Gasteiger partial charge in [-0.3, -0.25) is 28.8 Å². The van der Waals surface area contributed by atoms with Gasteiger partial charge >= 0.3 is 5.97 Å². The third-order valence-corrected chi connectivity index (χ3v) is 10.0. The minimum Gasteiger partial charge on any atom is -0.481 e. The molecule has 5 rings (SSSR count). The van der Waals surface area contributed by atoms with Crippen molar-refractivity contribution in [3.8, 4) is 0 Å². The number of aromatic nitrogens is 1. The van der Waals surface area contributed by atoms with Crippen LogP contribution in [0.5, 0.6) is 0 Å². The molecule has 0 radical (unpaired) electrons.